The van der Waals surface area contributed by atoms with Crippen molar-refractivity contribution in [2.45, 2.75) is 39.2 Å². The van der Waals surface area contributed by atoms with Crippen LogP contribution in [0.2, 0.25) is 0 Å². The Morgan fingerprint density at radius 1 is 1.38 bits per heavy atom. The molecule has 2 rings (SSSR count). The van der Waals surface area contributed by atoms with Crippen molar-refractivity contribution in [3.05, 3.63) is 23.7 Å². The van der Waals surface area contributed by atoms with Crippen LogP contribution in [0.5, 0.6) is 0 Å². The summed E-state index contributed by atoms with van der Waals surface area (Å²) in [4.78, 5) is 11.9. The van der Waals surface area contributed by atoms with E-state index in [2.05, 4.69) is 28.8 Å². The van der Waals surface area contributed by atoms with Crippen LogP contribution in [0.1, 0.15) is 45.0 Å². The molecule has 0 aliphatic heterocycles. The first-order valence-corrected chi connectivity index (χ1v) is 5.46. The number of aromatic nitrogens is 3. The second-order valence-electron chi connectivity index (χ2n) is 4.93. The number of nitrogens with zero attached hydrogens (tertiary/aromatic N) is 2. The Morgan fingerprint density at radius 3 is 2.62 bits per heavy atom. The van der Waals surface area contributed by atoms with E-state index in [9.17, 15) is 5.11 Å². The molecule has 2 aromatic rings. The number of nitrogens with one attached hydrogen (secondary N) is 1. The van der Waals surface area contributed by atoms with E-state index in [1.54, 1.807) is 20.0 Å². The van der Waals surface area contributed by atoms with Gasteiger partial charge in [-0.05, 0) is 19.9 Å². The number of pyridine rings is 1. The number of aliphatic hydroxyl groups is 1. The van der Waals surface area contributed by atoms with Gasteiger partial charge >= 0.3 is 0 Å². The lowest BCUT2D eigenvalue weighted by molar-refractivity contribution is 0.0784. The Morgan fingerprint density at radius 2 is 2.06 bits per heavy atom. The predicted octanol–water partition coefficient (Wildman–Crippen LogP) is 2.31. The number of rotatable bonds is 2. The maximum absolute atomic E-state index is 9.89. The molecule has 2 heterocycles. The zero-order valence-corrected chi connectivity index (χ0v) is 10.1. The summed E-state index contributed by atoms with van der Waals surface area (Å²) in [6, 6.07) is 1.90. The lowest BCUT2D eigenvalue weighted by Crippen LogP contribution is -2.15. The molecule has 0 aliphatic carbocycles. The third kappa shape index (κ3) is 1.93. The summed E-state index contributed by atoms with van der Waals surface area (Å²) in [5, 5.41) is 9.89. The predicted molar refractivity (Wildman–Crippen MR) is 63.2 cm³/mol. The Kier molecular flexibility index (Phi) is 2.46. The van der Waals surface area contributed by atoms with E-state index in [0.717, 1.165) is 16.9 Å². The summed E-state index contributed by atoms with van der Waals surface area (Å²) in [6.07, 6.45) is 1.67. The normalized spacial score (nSPS) is 12.6. The molecule has 16 heavy (non-hydrogen) atoms. The Bertz CT molecular complexity index is 508. The largest absolute Gasteiger partial charge is 0.386 e. The molecule has 0 saturated carbocycles. The molecule has 0 radical (unpaired) electrons. The number of fused-ring (bicyclic) bond motifs is 1. The van der Waals surface area contributed by atoms with E-state index in [1.165, 1.54) is 0 Å². The van der Waals surface area contributed by atoms with E-state index in [1.807, 2.05) is 6.07 Å². The average Bonchev–Trinajstić information content (AvgIpc) is 2.58. The average molecular weight is 219 g/mol. The molecule has 0 fully saturated rings. The molecule has 4 nitrogen and oxygen atoms in total. The summed E-state index contributed by atoms with van der Waals surface area (Å²) < 4.78 is 0. The van der Waals surface area contributed by atoms with Crippen LogP contribution in [0.15, 0.2) is 12.3 Å². The van der Waals surface area contributed by atoms with Gasteiger partial charge in [0.05, 0.1) is 11.1 Å². The van der Waals surface area contributed by atoms with Crippen LogP contribution in [0, 0.1) is 0 Å². The number of hydrogen-bond donors (Lipinski definition) is 2. The summed E-state index contributed by atoms with van der Waals surface area (Å²) in [7, 11) is 0. The van der Waals surface area contributed by atoms with Gasteiger partial charge in [-0.3, -0.25) is 0 Å². The zero-order valence-electron chi connectivity index (χ0n) is 10.1. The number of imidazole rings is 1. The molecule has 0 spiro atoms. The van der Waals surface area contributed by atoms with Crippen molar-refractivity contribution >= 4 is 11.2 Å². The van der Waals surface area contributed by atoms with Crippen LogP contribution in [0.4, 0.5) is 0 Å². The van der Waals surface area contributed by atoms with Crippen LogP contribution < -0.4 is 0 Å². The number of H-pyrrole nitrogens is 1. The van der Waals surface area contributed by atoms with Gasteiger partial charge in [0.25, 0.3) is 0 Å². The van der Waals surface area contributed by atoms with Crippen molar-refractivity contribution < 1.29 is 5.11 Å². The van der Waals surface area contributed by atoms with Gasteiger partial charge in [-0.2, -0.15) is 0 Å². The van der Waals surface area contributed by atoms with Crippen molar-refractivity contribution in [2.75, 3.05) is 0 Å². The number of hydrogen-bond acceptors (Lipinski definition) is 3. The fourth-order valence-electron chi connectivity index (χ4n) is 1.53. The fourth-order valence-corrected chi connectivity index (χ4v) is 1.53. The van der Waals surface area contributed by atoms with E-state index in [0.29, 0.717) is 11.6 Å². The van der Waals surface area contributed by atoms with Crippen LogP contribution in [0.3, 0.4) is 0 Å². The van der Waals surface area contributed by atoms with Gasteiger partial charge in [0.15, 0.2) is 5.65 Å². The van der Waals surface area contributed by atoms with Crippen LogP contribution >= 0.6 is 0 Å². The van der Waals surface area contributed by atoms with Gasteiger partial charge in [0.2, 0.25) is 0 Å². The maximum Gasteiger partial charge on any atom is 0.177 e. The molecule has 2 aromatic heterocycles. The molecule has 2 N–H and O–H groups in total. The highest BCUT2D eigenvalue weighted by Gasteiger charge is 2.18. The molecule has 0 aromatic carbocycles. The summed E-state index contributed by atoms with van der Waals surface area (Å²) in [5.74, 6) is 1.27. The van der Waals surface area contributed by atoms with Gasteiger partial charge < -0.3 is 10.1 Å². The molecule has 0 atom stereocenters. The van der Waals surface area contributed by atoms with Gasteiger partial charge in [-0.1, -0.05) is 13.8 Å². The summed E-state index contributed by atoms with van der Waals surface area (Å²) >= 11 is 0. The van der Waals surface area contributed by atoms with Crippen LogP contribution in [0.25, 0.3) is 11.2 Å². The maximum atomic E-state index is 9.89. The molecular weight excluding hydrogens is 202 g/mol. The van der Waals surface area contributed by atoms with Gasteiger partial charge in [-0.15, -0.1) is 0 Å². The Labute approximate surface area is 94.7 Å². The van der Waals surface area contributed by atoms with E-state index < -0.39 is 5.60 Å². The second kappa shape index (κ2) is 3.56. The van der Waals surface area contributed by atoms with Crippen molar-refractivity contribution in [3.8, 4) is 0 Å². The quantitative estimate of drug-likeness (QED) is 0.814. The molecule has 0 amide bonds. The fraction of sp³-hybridized carbons (Fsp3) is 0.500. The van der Waals surface area contributed by atoms with Crippen molar-refractivity contribution in [1.29, 1.82) is 0 Å². The first-order chi connectivity index (χ1) is 7.38. The second-order valence-corrected chi connectivity index (χ2v) is 4.93. The summed E-state index contributed by atoms with van der Waals surface area (Å²) in [5.41, 5.74) is 1.50. The lowest BCUT2D eigenvalue weighted by Gasteiger charge is -2.16. The van der Waals surface area contributed by atoms with Gasteiger partial charge in [0.1, 0.15) is 5.82 Å². The van der Waals surface area contributed by atoms with Gasteiger partial charge in [-0.25, -0.2) is 9.97 Å². The van der Waals surface area contributed by atoms with Crippen molar-refractivity contribution in [3.63, 3.8) is 0 Å². The highest BCUT2D eigenvalue weighted by Crippen LogP contribution is 2.22. The van der Waals surface area contributed by atoms with Crippen molar-refractivity contribution in [1.82, 2.24) is 15.0 Å². The molecule has 86 valence electrons. The van der Waals surface area contributed by atoms with Crippen LogP contribution in [-0.4, -0.2) is 20.1 Å². The zero-order chi connectivity index (χ0) is 11.9. The van der Waals surface area contributed by atoms with Crippen molar-refractivity contribution in [2.24, 2.45) is 0 Å². The SMILES string of the molecule is CC(C)c1nc2ncc(C(C)(C)O)cc2[nH]1. The minimum Gasteiger partial charge on any atom is -0.386 e. The Balaban J connectivity index is 2.54. The molecule has 0 saturated heterocycles. The monoisotopic (exact) mass is 219 g/mol. The third-order valence-electron chi connectivity index (χ3n) is 2.61. The van der Waals surface area contributed by atoms with E-state index >= 15 is 0 Å². The number of aromatic amines is 1. The standard InChI is InChI=1S/C12H17N3O/c1-7(2)10-14-9-5-8(12(3,4)16)6-13-11(9)15-10/h5-7,16H,1-4H3,(H,13,14,15). The molecule has 4 heteroatoms. The molecular formula is C12H17N3O. The van der Waals surface area contributed by atoms with Crippen LogP contribution in [-0.2, 0) is 5.60 Å². The van der Waals surface area contributed by atoms with E-state index in [-0.39, 0.29) is 0 Å². The van der Waals surface area contributed by atoms with Gasteiger partial charge in [0, 0.05) is 17.7 Å². The first kappa shape index (κ1) is 11.1. The molecule has 0 aliphatic rings. The topological polar surface area (TPSA) is 61.8 Å². The first-order valence-electron chi connectivity index (χ1n) is 5.46. The smallest absolute Gasteiger partial charge is 0.177 e. The highest BCUT2D eigenvalue weighted by molar-refractivity contribution is 5.71. The third-order valence-corrected chi connectivity index (χ3v) is 2.61. The molecule has 0 bridgehead atoms. The minimum absolute atomic E-state index is 0.347. The summed E-state index contributed by atoms with van der Waals surface area (Å²) in [6.45, 7) is 7.65. The minimum atomic E-state index is -0.871. The van der Waals surface area contributed by atoms with E-state index in [4.69, 9.17) is 0 Å². The Hall–Kier alpha value is -1.42. The highest BCUT2D eigenvalue weighted by atomic mass is 16.3. The lowest BCUT2D eigenvalue weighted by atomic mass is 10.0. The molecule has 0 unspecified atom stereocenters.